The third-order valence-corrected chi connectivity index (χ3v) is 5.07. The Bertz CT molecular complexity index is 710. The third-order valence-electron chi connectivity index (χ3n) is 5.07. The summed E-state index contributed by atoms with van der Waals surface area (Å²) in [6.07, 6.45) is 1.84. The van der Waals surface area contributed by atoms with Gasteiger partial charge in [-0.05, 0) is 24.8 Å². The van der Waals surface area contributed by atoms with Crippen LogP contribution in [0.1, 0.15) is 44.6 Å². The summed E-state index contributed by atoms with van der Waals surface area (Å²) in [5.41, 5.74) is 0.884. The lowest BCUT2D eigenvalue weighted by molar-refractivity contribution is -0.165. The molecule has 0 unspecified atom stereocenters. The summed E-state index contributed by atoms with van der Waals surface area (Å²) in [6.45, 7) is 3.11. The molecule has 1 N–H and O–H groups in total. The molecule has 0 radical (unpaired) electrons. The minimum absolute atomic E-state index is 0.0632. The lowest BCUT2D eigenvalue weighted by atomic mass is 10.1. The Morgan fingerprint density at radius 3 is 2.83 bits per heavy atom. The van der Waals surface area contributed by atoms with E-state index in [1.54, 1.807) is 0 Å². The maximum Gasteiger partial charge on any atom is 0.410 e. The molecule has 29 heavy (non-hydrogen) atoms. The molecule has 3 rings (SSSR count). The van der Waals surface area contributed by atoms with Crippen molar-refractivity contribution in [3.05, 3.63) is 35.9 Å². The van der Waals surface area contributed by atoms with Gasteiger partial charge < -0.3 is 19.5 Å². The van der Waals surface area contributed by atoms with Crippen molar-refractivity contribution in [3.63, 3.8) is 0 Å². The van der Waals surface area contributed by atoms with Crippen LogP contribution >= 0.6 is 0 Å². The van der Waals surface area contributed by atoms with Crippen LogP contribution in [0.3, 0.4) is 0 Å². The van der Waals surface area contributed by atoms with E-state index in [0.29, 0.717) is 19.6 Å². The van der Waals surface area contributed by atoms with E-state index in [1.165, 1.54) is 4.90 Å². The van der Waals surface area contributed by atoms with Gasteiger partial charge in [0.05, 0.1) is 13.0 Å². The lowest BCUT2D eigenvalue weighted by Gasteiger charge is -2.26. The number of rotatable bonds is 8. The molecular formula is C21H28N2O6. The molecule has 0 spiro atoms. The Hall–Kier alpha value is -2.61. The normalized spacial score (nSPS) is 23.7. The molecular weight excluding hydrogens is 376 g/mol. The molecule has 2 aliphatic rings. The van der Waals surface area contributed by atoms with Crippen LogP contribution in [0, 0.1) is 0 Å². The zero-order chi connectivity index (χ0) is 20.6. The van der Waals surface area contributed by atoms with Crippen LogP contribution in [-0.4, -0.2) is 54.4 Å². The number of esters is 1. The highest BCUT2D eigenvalue weighted by Gasteiger charge is 2.41. The van der Waals surface area contributed by atoms with Crippen molar-refractivity contribution in [2.75, 3.05) is 13.2 Å². The maximum atomic E-state index is 12.8. The average molecular weight is 404 g/mol. The summed E-state index contributed by atoms with van der Waals surface area (Å²) >= 11 is 0. The molecule has 2 aliphatic heterocycles. The molecule has 8 nitrogen and oxygen atoms in total. The minimum Gasteiger partial charge on any atom is -0.445 e. The van der Waals surface area contributed by atoms with Gasteiger partial charge in [-0.2, -0.15) is 0 Å². The average Bonchev–Trinajstić information content (AvgIpc) is 3.34. The van der Waals surface area contributed by atoms with Crippen molar-refractivity contribution < 1.29 is 28.6 Å². The first kappa shape index (κ1) is 21.1. The van der Waals surface area contributed by atoms with Crippen molar-refractivity contribution in [1.29, 1.82) is 0 Å². The van der Waals surface area contributed by atoms with Crippen molar-refractivity contribution >= 4 is 18.0 Å². The van der Waals surface area contributed by atoms with Crippen molar-refractivity contribution in [2.45, 2.75) is 64.0 Å². The molecule has 0 aromatic heterocycles. The van der Waals surface area contributed by atoms with E-state index in [0.717, 1.165) is 24.8 Å². The first-order valence-electron chi connectivity index (χ1n) is 10.2. The number of likely N-dealkylation sites (tertiary alicyclic amines) is 1. The molecule has 2 heterocycles. The number of nitrogens with one attached hydrogen (secondary N) is 1. The molecule has 0 saturated carbocycles. The molecule has 2 amide bonds. The number of ether oxygens (including phenoxy) is 3. The number of amides is 2. The number of hydrogen-bond donors (Lipinski definition) is 1. The van der Waals surface area contributed by atoms with Crippen LogP contribution in [-0.2, 0) is 30.4 Å². The summed E-state index contributed by atoms with van der Waals surface area (Å²) in [6, 6.07) is 8.22. The fourth-order valence-electron chi connectivity index (χ4n) is 3.49. The van der Waals surface area contributed by atoms with Gasteiger partial charge in [0.1, 0.15) is 18.7 Å². The van der Waals surface area contributed by atoms with E-state index < -0.39 is 30.4 Å². The number of carbonyl (C=O) groups excluding carboxylic acids is 3. The van der Waals surface area contributed by atoms with E-state index in [9.17, 15) is 14.4 Å². The minimum atomic E-state index is -0.780. The second-order valence-corrected chi connectivity index (χ2v) is 7.29. The lowest BCUT2D eigenvalue weighted by Crippen LogP contribution is -2.51. The molecule has 1 aromatic carbocycles. The van der Waals surface area contributed by atoms with Gasteiger partial charge >= 0.3 is 12.1 Å². The van der Waals surface area contributed by atoms with Crippen LogP contribution in [0.2, 0.25) is 0 Å². The van der Waals surface area contributed by atoms with Crippen molar-refractivity contribution in [2.24, 2.45) is 0 Å². The second kappa shape index (κ2) is 10.2. The summed E-state index contributed by atoms with van der Waals surface area (Å²) in [5, 5.41) is 2.83. The Kier molecular flexibility index (Phi) is 7.46. The number of hydrogen-bond acceptors (Lipinski definition) is 6. The molecule has 1 aromatic rings. The largest absolute Gasteiger partial charge is 0.445 e. The van der Waals surface area contributed by atoms with Crippen molar-refractivity contribution in [3.8, 4) is 0 Å². The molecule has 2 saturated heterocycles. The number of carbonyl (C=O) groups is 3. The molecule has 0 aliphatic carbocycles. The first-order chi connectivity index (χ1) is 14.1. The highest BCUT2D eigenvalue weighted by atomic mass is 16.7. The second-order valence-electron chi connectivity index (χ2n) is 7.29. The van der Waals surface area contributed by atoms with Gasteiger partial charge in [0.15, 0.2) is 0 Å². The van der Waals surface area contributed by atoms with Gasteiger partial charge in [0.2, 0.25) is 12.2 Å². The van der Waals surface area contributed by atoms with Crippen LogP contribution < -0.4 is 5.32 Å². The molecule has 0 bridgehead atoms. The Morgan fingerprint density at radius 2 is 2.07 bits per heavy atom. The van der Waals surface area contributed by atoms with E-state index in [1.807, 2.05) is 37.3 Å². The van der Waals surface area contributed by atoms with Crippen LogP contribution in [0.15, 0.2) is 30.3 Å². The van der Waals surface area contributed by atoms with Crippen LogP contribution in [0.4, 0.5) is 4.79 Å². The maximum absolute atomic E-state index is 12.8. The highest BCUT2D eigenvalue weighted by Crippen LogP contribution is 2.22. The van der Waals surface area contributed by atoms with Gasteiger partial charge in [0.25, 0.3) is 0 Å². The van der Waals surface area contributed by atoms with Crippen LogP contribution in [0.5, 0.6) is 0 Å². The van der Waals surface area contributed by atoms with Gasteiger partial charge in [-0.25, -0.2) is 4.79 Å². The third kappa shape index (κ3) is 5.69. The van der Waals surface area contributed by atoms with E-state index >= 15 is 0 Å². The number of unbranched alkanes of at least 4 members (excludes halogenated alkanes) is 1. The number of cyclic esters (lactones) is 1. The summed E-state index contributed by atoms with van der Waals surface area (Å²) in [4.78, 5) is 38.4. The van der Waals surface area contributed by atoms with Gasteiger partial charge in [0, 0.05) is 6.54 Å². The molecule has 3 atom stereocenters. The predicted molar refractivity (Wildman–Crippen MR) is 104 cm³/mol. The van der Waals surface area contributed by atoms with Gasteiger partial charge in [-0.3, -0.25) is 14.5 Å². The SMILES string of the molecule is CCCCO[C@H]1OC(=O)C[C@@H]1NC(=O)[C@@H]1CCCN1C(=O)OCc1ccccc1. The van der Waals surface area contributed by atoms with E-state index in [4.69, 9.17) is 14.2 Å². The van der Waals surface area contributed by atoms with Crippen molar-refractivity contribution in [1.82, 2.24) is 10.2 Å². The first-order valence-corrected chi connectivity index (χ1v) is 10.2. The van der Waals surface area contributed by atoms with Gasteiger partial charge in [-0.15, -0.1) is 0 Å². The van der Waals surface area contributed by atoms with Crippen LogP contribution in [0.25, 0.3) is 0 Å². The monoisotopic (exact) mass is 404 g/mol. The number of benzene rings is 1. The summed E-state index contributed by atoms with van der Waals surface area (Å²) in [7, 11) is 0. The zero-order valence-corrected chi connectivity index (χ0v) is 16.7. The fraction of sp³-hybridized carbons (Fsp3) is 0.571. The predicted octanol–water partition coefficient (Wildman–Crippen LogP) is 2.36. The number of nitrogens with zero attached hydrogens (tertiary/aromatic N) is 1. The summed E-state index contributed by atoms with van der Waals surface area (Å²) < 4.78 is 16.1. The molecule has 2 fully saturated rings. The van der Waals surface area contributed by atoms with E-state index in [2.05, 4.69) is 5.32 Å². The Morgan fingerprint density at radius 1 is 1.28 bits per heavy atom. The fourth-order valence-corrected chi connectivity index (χ4v) is 3.49. The standard InChI is InChI=1S/C21H28N2O6/c1-2-3-12-27-20-16(13-18(24)29-20)22-19(25)17-10-7-11-23(17)21(26)28-14-15-8-5-4-6-9-15/h4-6,8-9,16-17,20H,2-3,7,10-14H2,1H3,(H,22,25)/t16-,17-,20-/m0/s1. The quantitative estimate of drug-likeness (QED) is 0.528. The summed E-state index contributed by atoms with van der Waals surface area (Å²) in [5.74, 6) is -0.714. The topological polar surface area (TPSA) is 94.2 Å². The molecule has 8 heteroatoms. The Labute approximate surface area is 170 Å². The zero-order valence-electron chi connectivity index (χ0n) is 16.7. The Balaban J connectivity index is 1.53. The highest BCUT2D eigenvalue weighted by molar-refractivity contribution is 5.87. The smallest absolute Gasteiger partial charge is 0.410 e. The van der Waals surface area contributed by atoms with E-state index in [-0.39, 0.29) is 18.9 Å². The molecule has 158 valence electrons. The van der Waals surface area contributed by atoms with Gasteiger partial charge in [-0.1, -0.05) is 43.7 Å².